The van der Waals surface area contributed by atoms with Gasteiger partial charge in [0.2, 0.25) is 0 Å². The molecule has 0 aliphatic heterocycles. The summed E-state index contributed by atoms with van der Waals surface area (Å²) in [6, 6.07) is 0. The summed E-state index contributed by atoms with van der Waals surface area (Å²) < 4.78 is 0. The maximum absolute atomic E-state index is 8.94. The Balaban J connectivity index is 2.22. The highest BCUT2D eigenvalue weighted by Crippen LogP contribution is 2.33. The summed E-state index contributed by atoms with van der Waals surface area (Å²) in [7, 11) is 0. The Morgan fingerprint density at radius 1 is 1.88 bits per heavy atom. The van der Waals surface area contributed by atoms with E-state index >= 15 is 0 Å². The van der Waals surface area contributed by atoms with E-state index in [4.69, 9.17) is 5.11 Å². The molecule has 0 aromatic carbocycles. The van der Waals surface area contributed by atoms with Gasteiger partial charge in [0, 0.05) is 5.92 Å². The molecule has 0 saturated heterocycles. The summed E-state index contributed by atoms with van der Waals surface area (Å²) in [6.07, 6.45) is 3.09. The molecule has 1 rings (SSSR count). The second kappa shape index (κ2) is 1.90. The van der Waals surface area contributed by atoms with Crippen molar-refractivity contribution in [3.05, 3.63) is 11.6 Å². The molecule has 8 heavy (non-hydrogen) atoms. The van der Waals surface area contributed by atoms with E-state index in [-0.39, 0.29) is 6.10 Å². The van der Waals surface area contributed by atoms with Gasteiger partial charge in [-0.15, -0.1) is 0 Å². The van der Waals surface area contributed by atoms with Gasteiger partial charge in [0.1, 0.15) is 0 Å². The lowest BCUT2D eigenvalue weighted by Crippen LogP contribution is -2.04. The van der Waals surface area contributed by atoms with Gasteiger partial charge in [0.25, 0.3) is 0 Å². The van der Waals surface area contributed by atoms with E-state index in [0.29, 0.717) is 5.92 Å². The van der Waals surface area contributed by atoms with Crippen LogP contribution in [0.3, 0.4) is 0 Å². The molecule has 0 saturated carbocycles. The van der Waals surface area contributed by atoms with E-state index in [2.05, 4.69) is 13.0 Å². The smallest absolute Gasteiger partial charge is 0.0612 e. The predicted molar refractivity (Wildman–Crippen MR) is 33.5 cm³/mol. The molecular weight excluding hydrogens is 100 g/mol. The Bertz CT molecular complexity index is 114. The summed E-state index contributed by atoms with van der Waals surface area (Å²) in [5.41, 5.74) is 1.42. The van der Waals surface area contributed by atoms with Crippen LogP contribution in [-0.4, -0.2) is 11.2 Å². The molecule has 0 bridgehead atoms. The van der Waals surface area contributed by atoms with Gasteiger partial charge in [-0.2, -0.15) is 0 Å². The lowest BCUT2D eigenvalue weighted by molar-refractivity contribution is 0.177. The summed E-state index contributed by atoms with van der Waals surface area (Å²) in [4.78, 5) is 0. The van der Waals surface area contributed by atoms with E-state index in [9.17, 15) is 0 Å². The molecule has 46 valence electrons. The van der Waals surface area contributed by atoms with Crippen LogP contribution in [0.25, 0.3) is 0 Å². The minimum atomic E-state index is -0.148. The van der Waals surface area contributed by atoms with Crippen LogP contribution in [0.5, 0.6) is 0 Å². The van der Waals surface area contributed by atoms with Crippen molar-refractivity contribution in [3.8, 4) is 0 Å². The molecule has 0 radical (unpaired) electrons. The third-order valence-electron chi connectivity index (χ3n) is 1.64. The maximum Gasteiger partial charge on any atom is 0.0612 e. The Kier molecular flexibility index (Phi) is 1.39. The molecule has 0 heterocycles. The normalized spacial score (nSPS) is 29.4. The van der Waals surface area contributed by atoms with Crippen LogP contribution in [0.15, 0.2) is 11.6 Å². The molecule has 1 N–H and O–H groups in total. The van der Waals surface area contributed by atoms with Crippen LogP contribution >= 0.6 is 0 Å². The molecule has 2 unspecified atom stereocenters. The van der Waals surface area contributed by atoms with E-state index < -0.39 is 0 Å². The fraction of sp³-hybridized carbons (Fsp3) is 0.714. The molecule has 2 atom stereocenters. The van der Waals surface area contributed by atoms with Crippen LogP contribution in [-0.2, 0) is 0 Å². The van der Waals surface area contributed by atoms with Crippen molar-refractivity contribution in [1.82, 2.24) is 0 Å². The van der Waals surface area contributed by atoms with Crippen LogP contribution < -0.4 is 0 Å². The van der Waals surface area contributed by atoms with Crippen LogP contribution in [0, 0.1) is 5.92 Å². The SMILES string of the molecule is CCC1=CC1C(C)O. The molecule has 1 aliphatic rings. The van der Waals surface area contributed by atoms with E-state index in [0.717, 1.165) is 6.42 Å². The average molecular weight is 112 g/mol. The standard InChI is InChI=1S/C7H12O/c1-3-6-4-7(6)5(2)8/h4-5,7-8H,3H2,1-2H3. The molecular formula is C7H12O. The highest BCUT2D eigenvalue weighted by molar-refractivity contribution is 5.30. The molecule has 1 nitrogen and oxygen atoms in total. The summed E-state index contributed by atoms with van der Waals surface area (Å²) in [6.45, 7) is 3.96. The first-order valence-corrected chi connectivity index (χ1v) is 3.14. The number of hydrogen-bond acceptors (Lipinski definition) is 1. The lowest BCUT2D eigenvalue weighted by atomic mass is 10.1. The second-order valence-electron chi connectivity index (χ2n) is 2.36. The Morgan fingerprint density at radius 3 is 2.62 bits per heavy atom. The quantitative estimate of drug-likeness (QED) is 0.534. The maximum atomic E-state index is 8.94. The van der Waals surface area contributed by atoms with Gasteiger partial charge in [-0.05, 0) is 13.3 Å². The number of aliphatic hydroxyl groups excluding tert-OH is 1. The minimum Gasteiger partial charge on any atom is -0.392 e. The van der Waals surface area contributed by atoms with Crippen LogP contribution in [0.4, 0.5) is 0 Å². The van der Waals surface area contributed by atoms with Crippen molar-refractivity contribution < 1.29 is 5.11 Å². The highest BCUT2D eigenvalue weighted by Gasteiger charge is 2.26. The van der Waals surface area contributed by atoms with Gasteiger partial charge in [-0.25, -0.2) is 0 Å². The van der Waals surface area contributed by atoms with Gasteiger partial charge in [-0.3, -0.25) is 0 Å². The highest BCUT2D eigenvalue weighted by atomic mass is 16.3. The first-order chi connectivity index (χ1) is 3.75. The van der Waals surface area contributed by atoms with Crippen molar-refractivity contribution in [3.63, 3.8) is 0 Å². The second-order valence-corrected chi connectivity index (χ2v) is 2.36. The molecule has 0 spiro atoms. The van der Waals surface area contributed by atoms with Gasteiger partial charge in [-0.1, -0.05) is 18.6 Å². The average Bonchev–Trinajstić information content (AvgIpc) is 2.42. The summed E-state index contributed by atoms with van der Waals surface area (Å²) >= 11 is 0. The summed E-state index contributed by atoms with van der Waals surface area (Å²) in [5, 5.41) is 8.94. The fourth-order valence-electron chi connectivity index (χ4n) is 0.985. The van der Waals surface area contributed by atoms with Crippen LogP contribution in [0.1, 0.15) is 20.3 Å². The minimum absolute atomic E-state index is 0.148. The van der Waals surface area contributed by atoms with E-state index in [1.807, 2.05) is 6.92 Å². The zero-order chi connectivity index (χ0) is 6.15. The molecule has 1 heteroatoms. The predicted octanol–water partition coefficient (Wildman–Crippen LogP) is 1.33. The molecule has 1 aliphatic carbocycles. The lowest BCUT2D eigenvalue weighted by Gasteiger charge is -1.99. The van der Waals surface area contributed by atoms with Gasteiger partial charge in [0.05, 0.1) is 6.10 Å². The monoisotopic (exact) mass is 112 g/mol. The Labute approximate surface area is 50.0 Å². The third kappa shape index (κ3) is 0.920. The number of hydrogen-bond donors (Lipinski definition) is 1. The molecule has 0 aromatic rings. The van der Waals surface area contributed by atoms with E-state index in [1.165, 1.54) is 5.57 Å². The first-order valence-electron chi connectivity index (χ1n) is 3.14. The third-order valence-corrected chi connectivity index (χ3v) is 1.64. The zero-order valence-electron chi connectivity index (χ0n) is 5.39. The number of rotatable bonds is 2. The largest absolute Gasteiger partial charge is 0.392 e. The van der Waals surface area contributed by atoms with Gasteiger partial charge < -0.3 is 5.11 Å². The van der Waals surface area contributed by atoms with Crippen LogP contribution in [0.2, 0.25) is 0 Å². The zero-order valence-corrected chi connectivity index (χ0v) is 5.39. The van der Waals surface area contributed by atoms with Gasteiger partial charge in [0.15, 0.2) is 0 Å². The fourth-order valence-corrected chi connectivity index (χ4v) is 0.985. The van der Waals surface area contributed by atoms with Crippen molar-refractivity contribution in [2.24, 2.45) is 5.92 Å². The molecule has 0 aromatic heterocycles. The van der Waals surface area contributed by atoms with E-state index in [1.54, 1.807) is 0 Å². The van der Waals surface area contributed by atoms with Crippen molar-refractivity contribution >= 4 is 0 Å². The Morgan fingerprint density at radius 2 is 2.50 bits per heavy atom. The van der Waals surface area contributed by atoms with Crippen molar-refractivity contribution in [2.75, 3.05) is 0 Å². The Hall–Kier alpha value is -0.300. The topological polar surface area (TPSA) is 20.2 Å². The number of aliphatic hydroxyl groups is 1. The molecule has 0 fully saturated rings. The first kappa shape index (κ1) is 5.83. The van der Waals surface area contributed by atoms with Crippen molar-refractivity contribution in [2.45, 2.75) is 26.4 Å². The van der Waals surface area contributed by atoms with Crippen molar-refractivity contribution in [1.29, 1.82) is 0 Å². The molecule has 0 amide bonds. The summed E-state index contributed by atoms with van der Waals surface area (Å²) in [5.74, 6) is 0.431. The van der Waals surface area contributed by atoms with Gasteiger partial charge >= 0.3 is 0 Å².